The molecule has 3 amide bonds. The summed E-state index contributed by atoms with van der Waals surface area (Å²) < 4.78 is 43.3. The van der Waals surface area contributed by atoms with Gasteiger partial charge in [-0.05, 0) is 45.3 Å². The molecule has 0 aliphatic carbocycles. The zero-order chi connectivity index (χ0) is 26.1. The number of carbonyl (C=O) groups is 2. The van der Waals surface area contributed by atoms with Gasteiger partial charge in [-0.25, -0.2) is 14.6 Å². The van der Waals surface area contributed by atoms with E-state index in [4.69, 9.17) is 4.74 Å². The molecular weight excluding hydrogens is 463 g/mol. The summed E-state index contributed by atoms with van der Waals surface area (Å²) in [7, 11) is 0. The van der Waals surface area contributed by atoms with Crippen LogP contribution in [0, 0.1) is 5.92 Å². The van der Waals surface area contributed by atoms with Crippen LogP contribution in [0.2, 0.25) is 0 Å². The van der Waals surface area contributed by atoms with E-state index >= 15 is 0 Å². The molecule has 1 saturated heterocycles. The van der Waals surface area contributed by atoms with E-state index in [1.165, 1.54) is 6.08 Å². The maximum Gasteiger partial charge on any atom is 0.410 e. The summed E-state index contributed by atoms with van der Waals surface area (Å²) in [4.78, 5) is 36.0. The van der Waals surface area contributed by atoms with Gasteiger partial charge in [0, 0.05) is 51.4 Å². The third-order valence-corrected chi connectivity index (χ3v) is 5.01. The molecule has 1 N–H and O–H groups in total. The average Bonchev–Trinajstić information content (AvgIpc) is 2.73. The molecule has 0 spiro atoms. The van der Waals surface area contributed by atoms with E-state index in [1.807, 2.05) is 33.8 Å². The number of allylic oxidation sites excluding steroid dienone is 4. The molecule has 0 aromatic heterocycles. The first-order chi connectivity index (χ1) is 16.3. The molecule has 1 unspecified atom stereocenters. The van der Waals surface area contributed by atoms with Crippen molar-refractivity contribution in [2.45, 2.75) is 52.3 Å². The quantitative estimate of drug-likeness (QED) is 0.558. The minimum absolute atomic E-state index is 0.0439. The Morgan fingerprint density at radius 3 is 2.49 bits per heavy atom. The van der Waals surface area contributed by atoms with E-state index in [-0.39, 0.29) is 23.8 Å². The van der Waals surface area contributed by atoms with Crippen molar-refractivity contribution in [2.75, 3.05) is 32.7 Å². The summed E-state index contributed by atoms with van der Waals surface area (Å²) in [5, 5.41) is 2.52. The highest BCUT2D eigenvalue weighted by Gasteiger charge is 2.25. The van der Waals surface area contributed by atoms with Crippen molar-refractivity contribution < 1.29 is 27.5 Å². The van der Waals surface area contributed by atoms with E-state index in [9.17, 15) is 22.8 Å². The van der Waals surface area contributed by atoms with Crippen molar-refractivity contribution in [1.82, 2.24) is 15.1 Å². The number of rotatable bonds is 5. The van der Waals surface area contributed by atoms with Gasteiger partial charge in [0.15, 0.2) is 0 Å². The lowest BCUT2D eigenvalue weighted by molar-refractivity contribution is -0.0797. The van der Waals surface area contributed by atoms with Crippen molar-refractivity contribution >= 4 is 23.7 Å². The summed E-state index contributed by atoms with van der Waals surface area (Å²) in [6.07, 6.45) is 3.54. The predicted molar refractivity (Wildman–Crippen MR) is 130 cm³/mol. The molecule has 0 bridgehead atoms. The number of hydrogen-bond acceptors (Lipinski definition) is 5. The third kappa shape index (κ3) is 11.8. The molecule has 0 aromatic carbocycles. The van der Waals surface area contributed by atoms with Crippen molar-refractivity contribution in [2.24, 2.45) is 15.9 Å². The summed E-state index contributed by atoms with van der Waals surface area (Å²) >= 11 is 0. The van der Waals surface area contributed by atoms with Crippen molar-refractivity contribution in [1.29, 1.82) is 0 Å². The summed E-state index contributed by atoms with van der Waals surface area (Å²) in [5.74, 6) is 0.615. The lowest BCUT2D eigenvalue weighted by atomic mass is 10.1. The molecule has 0 aromatic rings. The average molecular weight is 498 g/mol. The molecule has 2 aliphatic rings. The van der Waals surface area contributed by atoms with E-state index in [1.54, 1.807) is 17.2 Å². The number of piperazine rings is 1. The van der Waals surface area contributed by atoms with E-state index < -0.39 is 17.8 Å². The standard InChI is InChI=1S/C24H34F3N5O3/c1-18-9-11-28-20(17-18)30-21(33)29-19(8-10-24(25,26)27)7-5-6-12-31-13-15-32(16-14-31)22(34)35-23(2,3)4/h5,7-11,18H,6,12-17H2,1-4H3,(H,28,30,33)/b7-5-,10-8+,29-19?. The summed E-state index contributed by atoms with van der Waals surface area (Å²) in [5.41, 5.74) is -0.663. The highest BCUT2D eigenvalue weighted by molar-refractivity contribution is 6.11. The zero-order valence-corrected chi connectivity index (χ0v) is 20.6. The van der Waals surface area contributed by atoms with Gasteiger partial charge in [0.1, 0.15) is 11.4 Å². The molecular formula is C24H34F3N5O3. The first-order valence-electron chi connectivity index (χ1n) is 11.6. The van der Waals surface area contributed by atoms with Crippen LogP contribution in [0.25, 0.3) is 0 Å². The minimum Gasteiger partial charge on any atom is -0.444 e. The number of ether oxygens (including phenoxy) is 1. The maximum atomic E-state index is 12.6. The molecule has 1 fully saturated rings. The number of alkyl halides is 3. The number of hydrogen-bond donors (Lipinski definition) is 1. The Balaban J connectivity index is 1.88. The van der Waals surface area contributed by atoms with Crippen LogP contribution >= 0.6 is 0 Å². The van der Waals surface area contributed by atoms with Gasteiger partial charge in [0.05, 0.1) is 5.71 Å². The topological polar surface area (TPSA) is 86.6 Å². The number of urea groups is 1. The van der Waals surface area contributed by atoms with Crippen LogP contribution in [0.4, 0.5) is 22.8 Å². The van der Waals surface area contributed by atoms with Gasteiger partial charge in [0.2, 0.25) is 0 Å². The Morgan fingerprint density at radius 1 is 1.20 bits per heavy atom. The number of carbonyl (C=O) groups excluding carboxylic acids is 2. The SMILES string of the molecule is CC1C=CN=C(NC(=O)N=C(/C=C\CCN2CCN(C(=O)OC(C)(C)C)CC2)/C=C/C(F)(F)F)C1. The van der Waals surface area contributed by atoms with Crippen LogP contribution in [0.3, 0.4) is 0 Å². The van der Waals surface area contributed by atoms with E-state index in [2.05, 4.69) is 20.2 Å². The third-order valence-electron chi connectivity index (χ3n) is 5.01. The number of halogens is 3. The van der Waals surface area contributed by atoms with Gasteiger partial charge in [-0.2, -0.15) is 18.2 Å². The Bertz CT molecular complexity index is 893. The lowest BCUT2D eigenvalue weighted by Gasteiger charge is -2.35. The fraction of sp³-hybridized carbons (Fsp3) is 0.583. The van der Waals surface area contributed by atoms with Crippen LogP contribution in [0.5, 0.6) is 0 Å². The Kier molecular flexibility index (Phi) is 10.2. The summed E-state index contributed by atoms with van der Waals surface area (Å²) in [6, 6.07) is -0.781. The first-order valence-corrected chi connectivity index (χ1v) is 11.6. The number of amidine groups is 1. The van der Waals surface area contributed by atoms with Gasteiger partial charge in [-0.3, -0.25) is 10.2 Å². The van der Waals surface area contributed by atoms with Gasteiger partial charge >= 0.3 is 18.3 Å². The molecule has 0 saturated carbocycles. The largest absolute Gasteiger partial charge is 0.444 e. The molecule has 11 heteroatoms. The second kappa shape index (κ2) is 12.7. The zero-order valence-electron chi connectivity index (χ0n) is 20.6. The minimum atomic E-state index is -4.52. The number of nitrogens with one attached hydrogen (secondary N) is 1. The monoisotopic (exact) mass is 497 g/mol. The first kappa shape index (κ1) is 28.3. The molecule has 1 atom stereocenters. The fourth-order valence-corrected chi connectivity index (χ4v) is 3.31. The molecule has 0 radical (unpaired) electrons. The van der Waals surface area contributed by atoms with Crippen molar-refractivity contribution in [3.63, 3.8) is 0 Å². The van der Waals surface area contributed by atoms with E-state index in [0.29, 0.717) is 51.4 Å². The van der Waals surface area contributed by atoms with Crippen LogP contribution in [0.1, 0.15) is 40.5 Å². The van der Waals surface area contributed by atoms with Gasteiger partial charge in [-0.15, -0.1) is 0 Å². The van der Waals surface area contributed by atoms with Crippen molar-refractivity contribution in [3.8, 4) is 0 Å². The number of nitrogens with zero attached hydrogens (tertiary/aromatic N) is 4. The molecule has 2 rings (SSSR count). The molecule has 8 nitrogen and oxygen atoms in total. The van der Waals surface area contributed by atoms with Crippen molar-refractivity contribution in [3.05, 3.63) is 36.6 Å². The number of amides is 3. The maximum absolute atomic E-state index is 12.6. The second-order valence-corrected chi connectivity index (χ2v) is 9.44. The second-order valence-electron chi connectivity index (χ2n) is 9.44. The lowest BCUT2D eigenvalue weighted by Crippen LogP contribution is -2.50. The van der Waals surface area contributed by atoms with Crippen LogP contribution in [0.15, 0.2) is 46.6 Å². The molecule has 2 heterocycles. The van der Waals surface area contributed by atoms with Crippen LogP contribution in [-0.4, -0.2) is 78.0 Å². The number of aliphatic imine (C=N–C) groups is 2. The Morgan fingerprint density at radius 2 is 1.89 bits per heavy atom. The normalized spacial score (nSPS) is 20.4. The fourth-order valence-electron chi connectivity index (χ4n) is 3.31. The van der Waals surface area contributed by atoms with Crippen LogP contribution < -0.4 is 5.32 Å². The Labute approximate surface area is 204 Å². The van der Waals surface area contributed by atoms with Crippen LogP contribution in [-0.2, 0) is 4.74 Å². The van der Waals surface area contributed by atoms with Gasteiger partial charge in [-0.1, -0.05) is 19.1 Å². The molecule has 194 valence electrons. The van der Waals surface area contributed by atoms with Gasteiger partial charge in [0.25, 0.3) is 0 Å². The highest BCUT2D eigenvalue weighted by atomic mass is 19.4. The molecule has 2 aliphatic heterocycles. The summed E-state index contributed by atoms with van der Waals surface area (Å²) in [6.45, 7) is 10.5. The smallest absolute Gasteiger partial charge is 0.410 e. The highest BCUT2D eigenvalue weighted by Crippen LogP contribution is 2.16. The van der Waals surface area contributed by atoms with E-state index in [0.717, 1.165) is 6.08 Å². The predicted octanol–water partition coefficient (Wildman–Crippen LogP) is 4.71. The van der Waals surface area contributed by atoms with Gasteiger partial charge < -0.3 is 9.64 Å². The molecule has 35 heavy (non-hydrogen) atoms. The Hall–Kier alpha value is -2.95.